The Morgan fingerprint density at radius 1 is 1.11 bits per heavy atom. The Kier molecular flexibility index (Phi) is 11.2. The molecule has 0 aromatic carbocycles. The summed E-state index contributed by atoms with van der Waals surface area (Å²) in [4.78, 5) is 11.7. The van der Waals surface area contributed by atoms with Crippen LogP contribution < -0.4 is 12.4 Å². The van der Waals surface area contributed by atoms with E-state index in [1.807, 2.05) is 6.92 Å². The van der Waals surface area contributed by atoms with Crippen molar-refractivity contribution >= 4 is 5.97 Å². The summed E-state index contributed by atoms with van der Waals surface area (Å²) in [5, 5.41) is 0. The maximum atomic E-state index is 11.7. The fraction of sp³-hybridized carbons (Fsp3) is 0.800. The third-order valence-corrected chi connectivity index (χ3v) is 3.40. The third-order valence-electron chi connectivity index (χ3n) is 3.40. The molecule has 0 fully saturated rings. The Balaban J connectivity index is 0. The fourth-order valence-electron chi connectivity index (χ4n) is 2.58. The molecule has 0 amide bonds. The molecule has 0 bridgehead atoms. The van der Waals surface area contributed by atoms with Crippen molar-refractivity contribution in [1.29, 1.82) is 0 Å². The van der Waals surface area contributed by atoms with E-state index in [1.54, 1.807) is 6.92 Å². The number of hydrogen-bond donors (Lipinski definition) is 0. The predicted molar refractivity (Wildman–Crippen MR) is 76.1 cm³/mol. The van der Waals surface area contributed by atoms with Gasteiger partial charge in [0.2, 0.25) is 6.23 Å². The second kappa shape index (κ2) is 10.3. The molecule has 3 nitrogen and oxygen atoms in total. The lowest BCUT2D eigenvalue weighted by atomic mass is 10.2. The topological polar surface area (TPSA) is 26.3 Å². The molecule has 0 aliphatic rings. The van der Waals surface area contributed by atoms with Crippen molar-refractivity contribution in [2.45, 2.75) is 60.1 Å². The lowest BCUT2D eigenvalue weighted by Gasteiger charge is -2.42. The van der Waals surface area contributed by atoms with Crippen LogP contribution >= 0.6 is 0 Å². The molecular weight excluding hydrogens is 262 g/mol. The number of hydrogen-bond acceptors (Lipinski definition) is 2. The number of rotatable bonds is 9. The summed E-state index contributed by atoms with van der Waals surface area (Å²) in [6, 6.07) is 0. The highest BCUT2D eigenvalue weighted by Gasteiger charge is 2.34. The van der Waals surface area contributed by atoms with Crippen LogP contribution in [0.5, 0.6) is 0 Å². The highest BCUT2D eigenvalue weighted by molar-refractivity contribution is 5.86. The summed E-state index contributed by atoms with van der Waals surface area (Å²) in [7, 11) is 0. The van der Waals surface area contributed by atoms with Crippen LogP contribution in [0.2, 0.25) is 0 Å². The predicted octanol–water partition coefficient (Wildman–Crippen LogP) is 0.503. The second-order valence-corrected chi connectivity index (χ2v) is 5.17. The van der Waals surface area contributed by atoms with Gasteiger partial charge in [0, 0.05) is 12.5 Å². The van der Waals surface area contributed by atoms with E-state index < -0.39 is 0 Å². The van der Waals surface area contributed by atoms with Crippen molar-refractivity contribution in [2.75, 3.05) is 19.6 Å². The van der Waals surface area contributed by atoms with Crippen LogP contribution in [0.4, 0.5) is 0 Å². The van der Waals surface area contributed by atoms with Gasteiger partial charge in [-0.25, -0.2) is 4.79 Å². The largest absolute Gasteiger partial charge is 1.00 e. The monoisotopic (exact) mass is 291 g/mol. The molecule has 0 spiro atoms. The van der Waals surface area contributed by atoms with Crippen molar-refractivity contribution in [3.8, 4) is 0 Å². The standard InChI is InChI=1S/C15H30NO2.ClH/c1-7-10-16(11-8-2,12-9-3)14(6)18-15(17)13(4)5;/h14H,4,7-12H2,1-3,5-6H3;1H/q+1;/p-1. The van der Waals surface area contributed by atoms with Crippen molar-refractivity contribution in [3.63, 3.8) is 0 Å². The molecule has 0 aromatic heterocycles. The van der Waals surface area contributed by atoms with Gasteiger partial charge in [-0.1, -0.05) is 27.4 Å². The summed E-state index contributed by atoms with van der Waals surface area (Å²) in [5.74, 6) is -0.270. The minimum absolute atomic E-state index is 0. The summed E-state index contributed by atoms with van der Waals surface area (Å²) in [6.45, 7) is 17.1. The number of ether oxygens (including phenoxy) is 1. The zero-order valence-electron chi connectivity index (χ0n) is 13.2. The Bertz CT molecular complexity index is 262. The summed E-state index contributed by atoms with van der Waals surface area (Å²) in [5.41, 5.74) is 0.476. The molecule has 1 atom stereocenters. The molecule has 0 rings (SSSR count). The molecule has 4 heteroatoms. The van der Waals surface area contributed by atoms with Crippen LogP contribution in [-0.2, 0) is 9.53 Å². The number of carbonyl (C=O) groups excluding carboxylic acids is 1. The molecule has 1 unspecified atom stereocenters. The number of esters is 1. The van der Waals surface area contributed by atoms with Gasteiger partial charge < -0.3 is 17.1 Å². The quantitative estimate of drug-likeness (QED) is 0.268. The van der Waals surface area contributed by atoms with E-state index in [0.717, 1.165) is 43.4 Å². The number of halogens is 1. The minimum atomic E-state index is -0.270. The lowest BCUT2D eigenvalue weighted by molar-refractivity contribution is -0.967. The summed E-state index contributed by atoms with van der Waals surface area (Å²) >= 11 is 0. The molecule has 0 radical (unpaired) electrons. The zero-order chi connectivity index (χ0) is 14.2. The fourth-order valence-corrected chi connectivity index (χ4v) is 2.58. The van der Waals surface area contributed by atoms with Gasteiger partial charge in [0.15, 0.2) is 0 Å². The molecule has 0 saturated heterocycles. The van der Waals surface area contributed by atoms with E-state index in [9.17, 15) is 4.79 Å². The van der Waals surface area contributed by atoms with Crippen molar-refractivity contribution in [2.24, 2.45) is 0 Å². The molecule has 0 aliphatic carbocycles. The van der Waals surface area contributed by atoms with E-state index in [0.29, 0.717) is 5.57 Å². The van der Waals surface area contributed by atoms with Crippen molar-refractivity contribution in [1.82, 2.24) is 0 Å². The molecule has 0 aromatic rings. The van der Waals surface area contributed by atoms with Crippen LogP contribution in [0.15, 0.2) is 12.2 Å². The van der Waals surface area contributed by atoms with Crippen LogP contribution in [0.1, 0.15) is 53.9 Å². The Labute approximate surface area is 125 Å². The van der Waals surface area contributed by atoms with Gasteiger partial charge in [0.25, 0.3) is 0 Å². The van der Waals surface area contributed by atoms with Crippen LogP contribution in [0, 0.1) is 0 Å². The smallest absolute Gasteiger partial charge is 0.337 e. The molecular formula is C15H30ClNO2. The van der Waals surface area contributed by atoms with Crippen LogP contribution in [-0.4, -0.2) is 36.3 Å². The number of carbonyl (C=O) groups is 1. The van der Waals surface area contributed by atoms with E-state index in [-0.39, 0.29) is 24.6 Å². The average Bonchev–Trinajstić information content (AvgIpc) is 2.29. The molecule has 114 valence electrons. The first kappa shape index (κ1) is 20.8. The molecule has 0 N–H and O–H groups in total. The molecule has 0 aliphatic heterocycles. The maximum absolute atomic E-state index is 11.7. The van der Waals surface area contributed by atoms with Gasteiger partial charge >= 0.3 is 5.97 Å². The third kappa shape index (κ3) is 6.44. The van der Waals surface area contributed by atoms with Gasteiger partial charge in [-0.2, -0.15) is 0 Å². The maximum Gasteiger partial charge on any atom is 0.337 e. The van der Waals surface area contributed by atoms with Crippen molar-refractivity contribution < 1.29 is 26.4 Å². The minimum Gasteiger partial charge on any atom is -1.00 e. The Morgan fingerprint density at radius 2 is 1.47 bits per heavy atom. The molecule has 19 heavy (non-hydrogen) atoms. The first-order valence-corrected chi connectivity index (χ1v) is 7.15. The number of nitrogens with zero attached hydrogens (tertiary/aromatic N) is 1. The van der Waals surface area contributed by atoms with Gasteiger partial charge in [-0.15, -0.1) is 0 Å². The zero-order valence-corrected chi connectivity index (χ0v) is 13.9. The average molecular weight is 292 g/mol. The first-order valence-electron chi connectivity index (χ1n) is 7.15. The summed E-state index contributed by atoms with van der Waals surface area (Å²) in [6.07, 6.45) is 3.23. The summed E-state index contributed by atoms with van der Waals surface area (Å²) < 4.78 is 6.45. The SMILES string of the molecule is C=C(C)C(=O)OC(C)[N+](CCC)(CCC)CCC.[Cl-]. The van der Waals surface area contributed by atoms with Crippen LogP contribution in [0.25, 0.3) is 0 Å². The molecule has 0 heterocycles. The number of quaternary nitrogens is 1. The first-order chi connectivity index (χ1) is 8.43. The highest BCUT2D eigenvalue weighted by Crippen LogP contribution is 2.19. The van der Waals surface area contributed by atoms with E-state index in [2.05, 4.69) is 27.4 Å². The molecule has 0 saturated carbocycles. The lowest BCUT2D eigenvalue weighted by Crippen LogP contribution is -3.00. The van der Waals surface area contributed by atoms with E-state index in [4.69, 9.17) is 4.74 Å². The van der Waals surface area contributed by atoms with Gasteiger partial charge in [0.05, 0.1) is 19.6 Å². The Morgan fingerprint density at radius 3 is 1.74 bits per heavy atom. The van der Waals surface area contributed by atoms with Gasteiger partial charge in [-0.3, -0.25) is 4.48 Å². The van der Waals surface area contributed by atoms with E-state index in [1.165, 1.54) is 0 Å². The second-order valence-electron chi connectivity index (χ2n) is 5.17. The van der Waals surface area contributed by atoms with Crippen molar-refractivity contribution in [3.05, 3.63) is 12.2 Å². The Hall–Kier alpha value is -0.540. The van der Waals surface area contributed by atoms with Gasteiger partial charge in [-0.05, 0) is 26.2 Å². The normalized spacial score (nSPS) is 12.5. The van der Waals surface area contributed by atoms with Gasteiger partial charge in [0.1, 0.15) is 0 Å². The van der Waals surface area contributed by atoms with E-state index >= 15 is 0 Å². The van der Waals surface area contributed by atoms with Crippen LogP contribution in [0.3, 0.4) is 0 Å². The highest BCUT2D eigenvalue weighted by atomic mass is 35.5.